The van der Waals surface area contributed by atoms with Crippen LogP contribution < -0.4 is 5.32 Å². The van der Waals surface area contributed by atoms with Crippen molar-refractivity contribution in [1.29, 1.82) is 0 Å². The molecule has 1 unspecified atom stereocenters. The van der Waals surface area contributed by atoms with E-state index in [1.54, 1.807) is 0 Å². The molecule has 0 bridgehead atoms. The first-order chi connectivity index (χ1) is 8.38. The standard InChI is InChI=1S/C14H23N3/c1-15-10-14-5-3-8-17(12-14)9-6-13-4-2-7-16-11-13/h2,4,7,11,14-15H,3,5-6,8-10,12H2,1H3. The highest BCUT2D eigenvalue weighted by Gasteiger charge is 2.18. The number of nitrogens with one attached hydrogen (secondary N) is 1. The lowest BCUT2D eigenvalue weighted by Gasteiger charge is -2.32. The van der Waals surface area contributed by atoms with E-state index < -0.39 is 0 Å². The molecule has 1 aliphatic rings. The summed E-state index contributed by atoms with van der Waals surface area (Å²) in [5, 5.41) is 3.30. The predicted molar refractivity (Wildman–Crippen MR) is 71.0 cm³/mol. The van der Waals surface area contributed by atoms with Crippen molar-refractivity contribution in [2.24, 2.45) is 5.92 Å². The number of piperidine rings is 1. The first-order valence-corrected chi connectivity index (χ1v) is 6.64. The maximum Gasteiger partial charge on any atom is 0.0300 e. The fourth-order valence-corrected chi connectivity index (χ4v) is 2.64. The van der Waals surface area contributed by atoms with Crippen LogP contribution in [0.5, 0.6) is 0 Å². The Labute approximate surface area is 104 Å². The van der Waals surface area contributed by atoms with Gasteiger partial charge in [-0.05, 0) is 56.9 Å². The van der Waals surface area contributed by atoms with Crippen LogP contribution in [0.25, 0.3) is 0 Å². The van der Waals surface area contributed by atoms with Crippen molar-refractivity contribution in [2.45, 2.75) is 19.3 Å². The van der Waals surface area contributed by atoms with Crippen LogP contribution in [0.2, 0.25) is 0 Å². The van der Waals surface area contributed by atoms with Crippen molar-refractivity contribution in [1.82, 2.24) is 15.2 Å². The zero-order valence-electron chi connectivity index (χ0n) is 10.7. The van der Waals surface area contributed by atoms with Crippen LogP contribution in [0.1, 0.15) is 18.4 Å². The summed E-state index contributed by atoms with van der Waals surface area (Å²) in [5.74, 6) is 0.836. The highest BCUT2D eigenvalue weighted by Crippen LogP contribution is 2.15. The van der Waals surface area contributed by atoms with E-state index in [1.165, 1.54) is 38.0 Å². The van der Waals surface area contributed by atoms with Gasteiger partial charge in [-0.3, -0.25) is 4.98 Å². The van der Waals surface area contributed by atoms with E-state index in [4.69, 9.17) is 0 Å². The zero-order chi connectivity index (χ0) is 11.9. The Bertz CT molecular complexity index is 311. The highest BCUT2D eigenvalue weighted by atomic mass is 15.1. The SMILES string of the molecule is CNCC1CCCN(CCc2cccnc2)C1. The van der Waals surface area contributed by atoms with E-state index in [0.29, 0.717) is 0 Å². The van der Waals surface area contributed by atoms with Crippen molar-refractivity contribution < 1.29 is 0 Å². The van der Waals surface area contributed by atoms with Crippen LogP contribution in [0.15, 0.2) is 24.5 Å². The van der Waals surface area contributed by atoms with E-state index in [-0.39, 0.29) is 0 Å². The molecule has 1 atom stereocenters. The zero-order valence-corrected chi connectivity index (χ0v) is 10.7. The number of pyridine rings is 1. The maximum absolute atomic E-state index is 4.16. The van der Waals surface area contributed by atoms with Crippen molar-refractivity contribution in [3.63, 3.8) is 0 Å². The van der Waals surface area contributed by atoms with Crippen LogP contribution in [-0.2, 0) is 6.42 Å². The molecule has 3 heteroatoms. The molecule has 1 N–H and O–H groups in total. The molecule has 1 saturated heterocycles. The lowest BCUT2D eigenvalue weighted by molar-refractivity contribution is 0.175. The predicted octanol–water partition coefficient (Wildman–Crippen LogP) is 1.56. The number of likely N-dealkylation sites (tertiary alicyclic amines) is 1. The third-order valence-corrected chi connectivity index (χ3v) is 3.54. The minimum atomic E-state index is 0.836. The Kier molecular flexibility index (Phi) is 4.95. The first kappa shape index (κ1) is 12.5. The van der Waals surface area contributed by atoms with Crippen molar-refractivity contribution >= 4 is 0 Å². The second kappa shape index (κ2) is 6.72. The topological polar surface area (TPSA) is 28.2 Å². The second-order valence-electron chi connectivity index (χ2n) is 4.98. The normalized spacial score (nSPS) is 21.6. The molecule has 0 spiro atoms. The molecule has 1 fully saturated rings. The van der Waals surface area contributed by atoms with E-state index >= 15 is 0 Å². The molecule has 1 aromatic rings. The summed E-state index contributed by atoms with van der Waals surface area (Å²) in [6.45, 7) is 4.84. The van der Waals surface area contributed by atoms with E-state index in [9.17, 15) is 0 Å². The van der Waals surface area contributed by atoms with Crippen LogP contribution in [-0.4, -0.2) is 43.1 Å². The highest BCUT2D eigenvalue weighted by molar-refractivity contribution is 5.08. The number of aromatic nitrogens is 1. The molecule has 3 nitrogen and oxygen atoms in total. The summed E-state index contributed by atoms with van der Waals surface area (Å²) < 4.78 is 0. The van der Waals surface area contributed by atoms with Gasteiger partial charge in [-0.2, -0.15) is 0 Å². The van der Waals surface area contributed by atoms with Gasteiger partial charge >= 0.3 is 0 Å². The monoisotopic (exact) mass is 233 g/mol. The smallest absolute Gasteiger partial charge is 0.0300 e. The Morgan fingerprint density at radius 3 is 3.24 bits per heavy atom. The lowest BCUT2D eigenvalue weighted by Crippen LogP contribution is -2.39. The maximum atomic E-state index is 4.16. The summed E-state index contributed by atoms with van der Waals surface area (Å²) in [5.41, 5.74) is 1.35. The number of rotatable bonds is 5. The number of hydrogen-bond donors (Lipinski definition) is 1. The molecular weight excluding hydrogens is 210 g/mol. The Morgan fingerprint density at radius 1 is 1.53 bits per heavy atom. The minimum Gasteiger partial charge on any atom is -0.319 e. The van der Waals surface area contributed by atoms with Gasteiger partial charge in [-0.15, -0.1) is 0 Å². The van der Waals surface area contributed by atoms with Crippen LogP contribution in [0, 0.1) is 5.92 Å². The quantitative estimate of drug-likeness (QED) is 0.836. The molecule has 0 aliphatic carbocycles. The minimum absolute atomic E-state index is 0.836. The molecule has 17 heavy (non-hydrogen) atoms. The summed E-state index contributed by atoms with van der Waals surface area (Å²) >= 11 is 0. The third-order valence-electron chi connectivity index (χ3n) is 3.54. The van der Waals surface area contributed by atoms with Gasteiger partial charge in [0.1, 0.15) is 0 Å². The van der Waals surface area contributed by atoms with Gasteiger partial charge in [0.05, 0.1) is 0 Å². The van der Waals surface area contributed by atoms with Crippen LogP contribution in [0.3, 0.4) is 0 Å². The fourth-order valence-electron chi connectivity index (χ4n) is 2.64. The molecule has 2 heterocycles. The van der Waals surface area contributed by atoms with E-state index in [2.05, 4.69) is 28.3 Å². The Balaban J connectivity index is 1.75. The fraction of sp³-hybridized carbons (Fsp3) is 0.643. The average Bonchev–Trinajstić information content (AvgIpc) is 2.39. The second-order valence-corrected chi connectivity index (χ2v) is 4.98. The van der Waals surface area contributed by atoms with E-state index in [1.807, 2.05) is 18.5 Å². The molecular formula is C14H23N3. The Hall–Kier alpha value is -0.930. The van der Waals surface area contributed by atoms with Gasteiger partial charge in [0.2, 0.25) is 0 Å². The molecule has 1 aliphatic heterocycles. The largest absolute Gasteiger partial charge is 0.319 e. The number of nitrogens with zero attached hydrogens (tertiary/aromatic N) is 2. The van der Waals surface area contributed by atoms with Crippen molar-refractivity contribution in [2.75, 3.05) is 33.2 Å². The van der Waals surface area contributed by atoms with Gasteiger partial charge in [0.15, 0.2) is 0 Å². The summed E-state index contributed by atoms with van der Waals surface area (Å²) in [6.07, 6.45) is 7.67. The molecule has 0 amide bonds. The molecule has 94 valence electrons. The molecule has 0 saturated carbocycles. The van der Waals surface area contributed by atoms with Gasteiger partial charge in [0.25, 0.3) is 0 Å². The molecule has 0 radical (unpaired) electrons. The van der Waals surface area contributed by atoms with Gasteiger partial charge in [0, 0.05) is 25.5 Å². The van der Waals surface area contributed by atoms with Crippen LogP contribution in [0.4, 0.5) is 0 Å². The first-order valence-electron chi connectivity index (χ1n) is 6.64. The summed E-state index contributed by atoms with van der Waals surface area (Å²) in [4.78, 5) is 6.76. The van der Waals surface area contributed by atoms with Gasteiger partial charge in [-0.25, -0.2) is 0 Å². The molecule has 1 aromatic heterocycles. The number of hydrogen-bond acceptors (Lipinski definition) is 3. The van der Waals surface area contributed by atoms with Crippen molar-refractivity contribution in [3.05, 3.63) is 30.1 Å². The van der Waals surface area contributed by atoms with Crippen molar-refractivity contribution in [3.8, 4) is 0 Å². The Morgan fingerprint density at radius 2 is 2.47 bits per heavy atom. The third kappa shape index (κ3) is 4.10. The van der Waals surface area contributed by atoms with Crippen LogP contribution >= 0.6 is 0 Å². The summed E-state index contributed by atoms with van der Waals surface area (Å²) in [6, 6.07) is 4.19. The lowest BCUT2D eigenvalue weighted by atomic mass is 9.98. The van der Waals surface area contributed by atoms with Gasteiger partial charge < -0.3 is 10.2 Å². The molecule has 2 rings (SSSR count). The van der Waals surface area contributed by atoms with E-state index in [0.717, 1.165) is 18.9 Å². The molecule has 0 aromatic carbocycles. The summed E-state index contributed by atoms with van der Waals surface area (Å²) in [7, 11) is 2.05. The van der Waals surface area contributed by atoms with Gasteiger partial charge in [-0.1, -0.05) is 6.07 Å². The average molecular weight is 233 g/mol.